The van der Waals surface area contributed by atoms with E-state index >= 15 is 0 Å². The van der Waals surface area contributed by atoms with Crippen molar-refractivity contribution >= 4 is 150 Å². The summed E-state index contributed by atoms with van der Waals surface area (Å²) in [5.41, 5.74) is 6.75. The number of benzene rings is 6. The van der Waals surface area contributed by atoms with Crippen molar-refractivity contribution in [1.82, 2.24) is 44.3 Å². The zero-order valence-electron chi connectivity index (χ0n) is 64.6. The molecule has 6 aromatic carbocycles. The lowest BCUT2D eigenvalue weighted by molar-refractivity contribution is -0.107. The minimum atomic E-state index is -3.57. The average Bonchev–Trinajstić information content (AvgIpc) is 1.54. The number of aryl methyl sites for hydroxylation is 1. The molecule has 2 fully saturated rings. The first-order valence-corrected chi connectivity index (χ1v) is 47.0. The van der Waals surface area contributed by atoms with Gasteiger partial charge < -0.3 is 69.1 Å². The van der Waals surface area contributed by atoms with Crippen molar-refractivity contribution in [2.75, 3.05) is 139 Å². The Bertz CT molecular complexity index is 5370. The molecule has 6 heterocycles. The lowest BCUT2D eigenvalue weighted by atomic mass is 10.0. The molecular weight excluding hydrogens is 1520 g/mol. The van der Waals surface area contributed by atoms with E-state index in [0.29, 0.717) is 90.7 Å². The number of methoxy groups -OCH3 is 3. The van der Waals surface area contributed by atoms with Crippen LogP contribution in [0.3, 0.4) is 0 Å². The first-order valence-electron chi connectivity index (χ1n) is 35.8. The van der Waals surface area contributed by atoms with Gasteiger partial charge in [0.05, 0.1) is 81.9 Å². The number of nitrogens with one attached hydrogen (secondary N) is 5. The predicted octanol–water partition coefficient (Wildman–Crippen LogP) is 14.1. The highest BCUT2D eigenvalue weighted by molar-refractivity contribution is 7.92. The van der Waals surface area contributed by atoms with Crippen molar-refractivity contribution in [2.24, 2.45) is 0 Å². The maximum absolute atomic E-state index is 13.0. The van der Waals surface area contributed by atoms with E-state index in [1.807, 2.05) is 37.3 Å². The number of carbonyl (C=O) groups excluding carboxylic acids is 1. The number of aromatic nitrogens is 7. The Morgan fingerprint density at radius 2 is 1.07 bits per heavy atom. The van der Waals surface area contributed by atoms with Gasteiger partial charge in [0.2, 0.25) is 17.8 Å². The number of rotatable bonds is 25. The van der Waals surface area contributed by atoms with E-state index in [0.717, 1.165) is 71.5 Å². The van der Waals surface area contributed by atoms with Crippen LogP contribution in [0.2, 0.25) is 5.02 Å². The molecule has 110 heavy (non-hydrogen) atoms. The van der Waals surface area contributed by atoms with Gasteiger partial charge in [-0.05, 0) is 185 Å². The van der Waals surface area contributed by atoms with Gasteiger partial charge >= 0.3 is 0 Å². The molecule has 32 heteroatoms. The number of piperidine rings is 1. The summed E-state index contributed by atoms with van der Waals surface area (Å²) in [6.07, 6.45) is 9.63. The summed E-state index contributed by atoms with van der Waals surface area (Å²) in [7, 11) is -7.59. The Hall–Kier alpha value is -9.23. The summed E-state index contributed by atoms with van der Waals surface area (Å²) in [6, 6.07) is 38.4. The number of sulfone groups is 2. The average molecular weight is 1610 g/mol. The van der Waals surface area contributed by atoms with E-state index in [1.54, 1.807) is 184 Å². The molecule has 0 unspecified atom stereocenters. The van der Waals surface area contributed by atoms with Crippen LogP contribution in [0.1, 0.15) is 51.7 Å². The molecule has 2 aliphatic heterocycles. The fourth-order valence-electron chi connectivity index (χ4n) is 12.5. The topological polar surface area (TPSA) is 316 Å². The Morgan fingerprint density at radius 1 is 0.555 bits per heavy atom. The molecule has 0 saturated carbocycles. The molecule has 0 spiro atoms. The van der Waals surface area contributed by atoms with Crippen molar-refractivity contribution in [3.8, 4) is 22.9 Å². The summed E-state index contributed by atoms with van der Waals surface area (Å²) >= 11 is 6.48. The monoisotopic (exact) mass is 1610 g/mol. The third-order valence-corrected chi connectivity index (χ3v) is 28.2. The second-order valence-corrected chi connectivity index (χ2v) is 43.5. The molecule has 0 amide bonds. The first-order chi connectivity index (χ1) is 52.1. The zero-order chi connectivity index (χ0) is 79.6. The lowest BCUT2D eigenvalue weighted by Gasteiger charge is -2.42. The Labute approximate surface area is 649 Å². The molecule has 10 aromatic rings. The molecule has 5 N–H and O–H groups in total. The number of hydrogen-bond donors (Lipinski definition) is 5. The number of halogens is 1. The van der Waals surface area contributed by atoms with Crippen LogP contribution in [-0.4, -0.2) is 192 Å². The fraction of sp³-hybridized carbons (Fsp3) is 0.346. The molecule has 0 atom stereocenters. The van der Waals surface area contributed by atoms with Gasteiger partial charge in [-0.2, -0.15) is 15.0 Å². The van der Waals surface area contributed by atoms with Gasteiger partial charge in [0.15, 0.2) is 25.5 Å². The van der Waals surface area contributed by atoms with Crippen molar-refractivity contribution in [2.45, 2.75) is 80.2 Å². The Balaban J connectivity index is 0.000000177. The smallest absolute Gasteiger partial charge is 0.229 e. The summed E-state index contributed by atoms with van der Waals surface area (Å²) < 4.78 is 108. The first kappa shape index (κ1) is 83.2. The van der Waals surface area contributed by atoms with Crippen molar-refractivity contribution < 1.29 is 49.5 Å². The van der Waals surface area contributed by atoms with Crippen LogP contribution in [0.4, 0.5) is 63.6 Å². The van der Waals surface area contributed by atoms with Crippen molar-refractivity contribution in [1.29, 1.82) is 0 Å². The predicted molar refractivity (Wildman–Crippen MR) is 447 cm³/mol. The number of hydrogen-bond acceptors (Lipinski definition) is 25. The molecule has 2 saturated heterocycles. The highest BCUT2D eigenvalue weighted by Gasteiger charge is 2.30. The summed E-state index contributed by atoms with van der Waals surface area (Å²) in [5.74, 6) is 3.34. The number of ether oxygens (including phenoxy) is 3. The maximum Gasteiger partial charge on any atom is 0.229 e. The molecule has 0 bridgehead atoms. The molecule has 26 nitrogen and oxygen atoms in total. The summed E-state index contributed by atoms with van der Waals surface area (Å²) in [6.45, 7) is 25.5. The highest BCUT2D eigenvalue weighted by Crippen LogP contribution is 2.43. The number of carbonyl (C=O) groups is 1. The van der Waals surface area contributed by atoms with Crippen LogP contribution >= 0.6 is 33.0 Å². The molecule has 2 aliphatic rings. The Morgan fingerprint density at radius 3 is 1.64 bits per heavy atom. The van der Waals surface area contributed by atoms with Gasteiger partial charge in [-0.25, -0.2) is 31.8 Å². The van der Waals surface area contributed by atoms with Crippen molar-refractivity contribution in [3.05, 3.63) is 168 Å². The standard InChI is InChI=1S/C30H41ClN7O2P.C24H29N4O5PS.C24H27N4O4PS/c1-21-7-6-8-27(41(4,5)39)28(21)34-29-24(31)20-32-30(35-29)33-25-10-9-23(19-26(25)40-3)37-13-11-22(12-14-37)38-17-15-36(2)16-18-38;1-16(2)35(31,32)22-9-7-6-8-20(22)26-23-17(12-13-29)15-25-24(28-23)27-19-11-10-18(34(4,5)30)14-21(19)33-3;1-16(2)34(30,31)22-9-7-6-8-20(22)28-13-12-17-15-25-24(27-23(17)28)26-19-11-10-18(33(4,5)29)14-21(19)32-3/h6-10,19-20,22H,11-18H2,1-5H3,(H2,32,33,34,35);6-11,13-16H,12H2,1-5H3,(H2,25,26,27,28);6-16H,1-5H3,(H,25,26,27). The van der Waals surface area contributed by atoms with E-state index < -0.39 is 51.6 Å². The zero-order valence-corrected chi connectivity index (χ0v) is 69.7. The fourth-order valence-corrected chi connectivity index (χ4v) is 18.0. The van der Waals surface area contributed by atoms with Crippen LogP contribution in [0.5, 0.6) is 17.2 Å². The van der Waals surface area contributed by atoms with Crippen molar-refractivity contribution in [3.63, 3.8) is 0 Å². The van der Waals surface area contributed by atoms with Gasteiger partial charge in [-0.1, -0.05) is 48.0 Å². The van der Waals surface area contributed by atoms with Gasteiger partial charge in [-0.15, -0.1) is 0 Å². The highest BCUT2D eigenvalue weighted by atomic mass is 35.5. The third-order valence-electron chi connectivity index (χ3n) is 19.0. The van der Waals surface area contributed by atoms with Gasteiger partial charge in [-0.3, -0.25) is 9.47 Å². The summed E-state index contributed by atoms with van der Waals surface area (Å²) in [4.78, 5) is 46.0. The minimum Gasteiger partial charge on any atom is -0.495 e. The summed E-state index contributed by atoms with van der Waals surface area (Å²) in [5, 5.41) is 18.0. The molecule has 12 rings (SSSR count). The number of nitrogens with zero attached hydrogens (tertiary/aromatic N) is 10. The normalized spacial score (nSPS) is 14.1. The number of likely N-dealkylation sites (N-methyl/N-ethyl adjacent to an activating group) is 1. The molecule has 584 valence electrons. The number of para-hydroxylation sites is 3. The lowest BCUT2D eigenvalue weighted by Crippen LogP contribution is -2.52. The van der Waals surface area contributed by atoms with Crippen LogP contribution in [0, 0.1) is 6.92 Å². The van der Waals surface area contributed by atoms with Crippen LogP contribution < -0.4 is 61.6 Å². The third kappa shape index (κ3) is 20.1. The number of piperazine rings is 1. The molecule has 0 aliphatic carbocycles. The molecule has 4 aromatic heterocycles. The van der Waals surface area contributed by atoms with E-state index in [9.17, 15) is 35.3 Å². The van der Waals surface area contributed by atoms with E-state index in [-0.39, 0.29) is 22.2 Å². The largest absolute Gasteiger partial charge is 0.495 e. The number of fused-ring (bicyclic) bond motifs is 1. The van der Waals surface area contributed by atoms with Gasteiger partial charge in [0, 0.05) is 109 Å². The SMILES string of the molecule is COc1cc(N2CCC(N3CCN(C)CC3)CC2)ccc1Nc1ncc(Cl)c(Nc2c(C)cccc2P(C)(C)=O)n1.COc1cc(P(C)(C)=O)ccc1Nc1ncc(CC=O)c(Nc2ccccc2S(=O)(=O)C(C)C)n1.COc1cc(P(C)(C)=O)ccc1Nc1ncc2ccn(-c3ccccc3S(=O)(=O)C(C)C)c2n1. The Kier molecular flexibility index (Phi) is 26.8. The van der Waals surface area contributed by atoms with Crippen LogP contribution in [0.15, 0.2) is 162 Å². The van der Waals surface area contributed by atoms with Gasteiger partial charge in [0.1, 0.15) is 61.4 Å². The number of anilines is 11. The number of aldehydes is 1. The molecular formula is C78H97ClN15O11P3S2. The maximum atomic E-state index is 13.0. The van der Waals surface area contributed by atoms with Crippen LogP contribution in [0.25, 0.3) is 16.7 Å². The minimum absolute atomic E-state index is 0.0437. The second-order valence-electron chi connectivity index (χ2n) is 28.5. The van der Waals surface area contributed by atoms with E-state index in [4.69, 9.17) is 25.8 Å². The van der Waals surface area contributed by atoms with E-state index in [2.05, 4.69) is 90.4 Å². The molecule has 0 radical (unpaired) electrons. The van der Waals surface area contributed by atoms with Crippen LogP contribution in [-0.2, 0) is 44.6 Å². The van der Waals surface area contributed by atoms with E-state index in [1.165, 1.54) is 45.3 Å². The second kappa shape index (κ2) is 35.4. The van der Waals surface area contributed by atoms with Gasteiger partial charge in [0.25, 0.3) is 0 Å². The quantitative estimate of drug-likeness (QED) is 0.0262.